The third-order valence-corrected chi connectivity index (χ3v) is 5.42. The van der Waals surface area contributed by atoms with Crippen molar-refractivity contribution in [3.8, 4) is 5.69 Å². The second kappa shape index (κ2) is 10.4. The van der Waals surface area contributed by atoms with E-state index < -0.39 is 0 Å². The Morgan fingerprint density at radius 3 is 2.47 bits per heavy atom. The van der Waals surface area contributed by atoms with Crippen LogP contribution in [0.2, 0.25) is 5.02 Å². The van der Waals surface area contributed by atoms with Gasteiger partial charge >= 0.3 is 0 Å². The number of carbonyl (C=O) groups is 2. The third-order valence-electron chi connectivity index (χ3n) is 4.23. The first-order valence-corrected chi connectivity index (χ1v) is 10.7. The molecule has 1 amide bonds. The molecule has 0 unspecified atom stereocenters. The first-order valence-electron chi connectivity index (χ1n) is 9.30. The van der Waals surface area contributed by atoms with Gasteiger partial charge in [0.15, 0.2) is 10.9 Å². The monoisotopic (exact) mass is 446 g/mol. The largest absolute Gasteiger partial charge is 0.356 e. The number of hydrogen-bond donors (Lipinski definition) is 1. The maximum absolute atomic E-state index is 13.4. The molecule has 1 N–H and O–H groups in total. The predicted octanol–water partition coefficient (Wildman–Crippen LogP) is 4.10. The molecule has 0 fully saturated rings. The number of halogens is 2. The highest BCUT2D eigenvalue weighted by Crippen LogP contribution is 2.24. The highest BCUT2D eigenvalue weighted by atomic mass is 35.5. The van der Waals surface area contributed by atoms with Crippen LogP contribution >= 0.6 is 23.4 Å². The summed E-state index contributed by atoms with van der Waals surface area (Å²) in [5, 5.41) is 12.3. The van der Waals surface area contributed by atoms with Crippen LogP contribution < -0.4 is 5.32 Å². The quantitative estimate of drug-likeness (QED) is 0.304. The molecule has 6 nitrogen and oxygen atoms in total. The Balaban J connectivity index is 1.77. The molecule has 3 aromatic rings. The summed E-state index contributed by atoms with van der Waals surface area (Å²) in [6.45, 7) is 1.98. The van der Waals surface area contributed by atoms with Gasteiger partial charge in [-0.15, -0.1) is 10.2 Å². The highest BCUT2D eigenvalue weighted by molar-refractivity contribution is 7.99. The molecule has 0 aliphatic rings. The minimum absolute atomic E-state index is 0.0578. The van der Waals surface area contributed by atoms with Gasteiger partial charge in [0.25, 0.3) is 0 Å². The lowest BCUT2D eigenvalue weighted by molar-refractivity contribution is -0.118. The van der Waals surface area contributed by atoms with Gasteiger partial charge < -0.3 is 5.32 Å². The molecule has 2 aromatic carbocycles. The Labute approximate surface area is 182 Å². The van der Waals surface area contributed by atoms with Crippen LogP contribution in [-0.2, 0) is 11.2 Å². The summed E-state index contributed by atoms with van der Waals surface area (Å²) in [7, 11) is 0. The minimum atomic E-state index is -0.342. The second-order valence-corrected chi connectivity index (χ2v) is 7.89. The summed E-state index contributed by atoms with van der Waals surface area (Å²) in [6, 6.07) is 12.7. The molecule has 0 radical (unpaired) electrons. The smallest absolute Gasteiger partial charge is 0.216 e. The van der Waals surface area contributed by atoms with Crippen LogP contribution in [0.5, 0.6) is 0 Å². The zero-order valence-corrected chi connectivity index (χ0v) is 17.8. The topological polar surface area (TPSA) is 76.9 Å². The Morgan fingerprint density at radius 2 is 1.80 bits per heavy atom. The number of ketones is 1. The van der Waals surface area contributed by atoms with Gasteiger partial charge in [0, 0.05) is 36.2 Å². The van der Waals surface area contributed by atoms with E-state index in [1.54, 1.807) is 36.4 Å². The van der Waals surface area contributed by atoms with E-state index >= 15 is 0 Å². The van der Waals surface area contributed by atoms with Crippen LogP contribution in [0.4, 0.5) is 4.39 Å². The number of aromatic nitrogens is 3. The molecular weight excluding hydrogens is 427 g/mol. The molecule has 30 heavy (non-hydrogen) atoms. The fourth-order valence-electron chi connectivity index (χ4n) is 2.77. The lowest BCUT2D eigenvalue weighted by atomic mass is 10.1. The average molecular weight is 447 g/mol. The maximum atomic E-state index is 13.4. The van der Waals surface area contributed by atoms with Gasteiger partial charge in [-0.05, 0) is 55.0 Å². The number of rotatable bonds is 9. The summed E-state index contributed by atoms with van der Waals surface area (Å²) >= 11 is 7.13. The number of amides is 1. The first-order chi connectivity index (χ1) is 14.4. The van der Waals surface area contributed by atoms with E-state index in [4.69, 9.17) is 11.6 Å². The van der Waals surface area contributed by atoms with Crippen LogP contribution in [0, 0.1) is 5.82 Å². The lowest BCUT2D eigenvalue weighted by Crippen LogP contribution is -2.21. The van der Waals surface area contributed by atoms with Gasteiger partial charge in [0.05, 0.1) is 5.75 Å². The van der Waals surface area contributed by atoms with E-state index in [1.165, 1.54) is 30.8 Å². The average Bonchev–Trinajstić information content (AvgIpc) is 3.13. The Kier molecular flexibility index (Phi) is 7.59. The predicted molar refractivity (Wildman–Crippen MR) is 115 cm³/mol. The van der Waals surface area contributed by atoms with Crippen molar-refractivity contribution in [3.05, 3.63) is 70.8 Å². The zero-order chi connectivity index (χ0) is 21.5. The number of Topliss-reactive ketones (excluding diaryl/α,β-unsaturated/α-hetero) is 1. The van der Waals surface area contributed by atoms with Gasteiger partial charge in [0.2, 0.25) is 5.91 Å². The normalized spacial score (nSPS) is 10.8. The van der Waals surface area contributed by atoms with E-state index in [0.717, 1.165) is 0 Å². The van der Waals surface area contributed by atoms with Gasteiger partial charge in [-0.3, -0.25) is 14.2 Å². The Hall–Kier alpha value is -2.71. The number of thioether (sulfide) groups is 1. The molecule has 3 rings (SSSR count). The summed E-state index contributed by atoms with van der Waals surface area (Å²) in [5.41, 5.74) is 1.27. The molecule has 9 heteroatoms. The van der Waals surface area contributed by atoms with Crippen molar-refractivity contribution < 1.29 is 14.0 Å². The summed E-state index contributed by atoms with van der Waals surface area (Å²) in [6.07, 6.45) is 1.24. The molecule has 0 saturated heterocycles. The molecule has 1 aromatic heterocycles. The molecule has 1 heterocycles. The number of aryl methyl sites for hydroxylation is 1. The fourth-order valence-corrected chi connectivity index (χ4v) is 3.76. The molecule has 156 valence electrons. The van der Waals surface area contributed by atoms with Crippen molar-refractivity contribution in [2.75, 3.05) is 12.3 Å². The minimum Gasteiger partial charge on any atom is -0.356 e. The number of benzene rings is 2. The second-order valence-electron chi connectivity index (χ2n) is 6.52. The van der Waals surface area contributed by atoms with Crippen molar-refractivity contribution >= 4 is 35.1 Å². The van der Waals surface area contributed by atoms with Crippen molar-refractivity contribution in [2.24, 2.45) is 0 Å². The molecule has 0 aliphatic heterocycles. The molecule has 0 atom stereocenters. The van der Waals surface area contributed by atoms with Gasteiger partial charge in [-0.2, -0.15) is 0 Å². The summed E-state index contributed by atoms with van der Waals surface area (Å²) < 4.78 is 15.2. The Morgan fingerprint density at radius 1 is 1.10 bits per heavy atom. The van der Waals surface area contributed by atoms with Crippen LogP contribution in [0.25, 0.3) is 5.69 Å². The van der Waals surface area contributed by atoms with Crippen LogP contribution in [0.15, 0.2) is 53.7 Å². The van der Waals surface area contributed by atoms with Gasteiger partial charge in [-0.1, -0.05) is 23.4 Å². The van der Waals surface area contributed by atoms with Crippen LogP contribution in [0.3, 0.4) is 0 Å². The highest BCUT2D eigenvalue weighted by Gasteiger charge is 2.16. The molecule has 0 spiro atoms. The first kappa shape index (κ1) is 22.0. The molecular formula is C21H20ClFN4O2S. The van der Waals surface area contributed by atoms with Crippen LogP contribution in [0.1, 0.15) is 29.5 Å². The van der Waals surface area contributed by atoms with Crippen molar-refractivity contribution in [2.45, 2.75) is 24.9 Å². The number of nitrogens with one attached hydrogen (secondary N) is 1. The van der Waals surface area contributed by atoms with E-state index in [1.807, 2.05) is 4.57 Å². The van der Waals surface area contributed by atoms with E-state index in [2.05, 4.69) is 15.5 Å². The number of hydrogen-bond acceptors (Lipinski definition) is 5. The Bertz CT molecular complexity index is 1020. The van der Waals surface area contributed by atoms with Crippen LogP contribution in [-0.4, -0.2) is 38.8 Å². The molecule has 0 bridgehead atoms. The summed E-state index contributed by atoms with van der Waals surface area (Å²) in [4.78, 5) is 23.5. The lowest BCUT2D eigenvalue weighted by Gasteiger charge is -2.10. The zero-order valence-electron chi connectivity index (χ0n) is 16.3. The van der Waals surface area contributed by atoms with Gasteiger partial charge in [-0.25, -0.2) is 4.39 Å². The SMILES string of the molecule is CC(=O)NCCCc1nnc(SCC(=O)c2ccc(Cl)cc2)n1-c1ccc(F)cc1. The molecule has 0 aliphatic carbocycles. The van der Waals surface area contributed by atoms with E-state index in [9.17, 15) is 14.0 Å². The standard InChI is InChI=1S/C21H20ClFN4O2S/c1-14(28)24-12-2-3-20-25-26-21(27(20)18-10-8-17(23)9-11-18)30-13-19(29)15-4-6-16(22)7-5-15/h4-11H,2-3,12-13H2,1H3,(H,24,28). The van der Waals surface area contributed by atoms with Crippen molar-refractivity contribution in [1.29, 1.82) is 0 Å². The maximum Gasteiger partial charge on any atom is 0.216 e. The van der Waals surface area contributed by atoms with E-state index in [-0.39, 0.29) is 23.3 Å². The van der Waals surface area contributed by atoms with Crippen molar-refractivity contribution in [3.63, 3.8) is 0 Å². The summed E-state index contributed by atoms with van der Waals surface area (Å²) in [5.74, 6) is 0.358. The fraction of sp³-hybridized carbons (Fsp3) is 0.238. The van der Waals surface area contributed by atoms with Gasteiger partial charge in [0.1, 0.15) is 11.6 Å². The molecule has 0 saturated carbocycles. The van der Waals surface area contributed by atoms with E-state index in [0.29, 0.717) is 46.6 Å². The number of carbonyl (C=O) groups excluding carboxylic acids is 2. The van der Waals surface area contributed by atoms with Crippen molar-refractivity contribution in [1.82, 2.24) is 20.1 Å². The third kappa shape index (κ3) is 5.90. The number of nitrogens with zero attached hydrogens (tertiary/aromatic N) is 3.